The van der Waals surface area contributed by atoms with Crippen LogP contribution in [0.15, 0.2) is 65.5 Å². The summed E-state index contributed by atoms with van der Waals surface area (Å²) >= 11 is 0. The number of hydrogen-bond acceptors (Lipinski definition) is 5. The van der Waals surface area contributed by atoms with Gasteiger partial charge in [0, 0.05) is 24.7 Å². The molecular formula is C20H16N4O4. The van der Waals surface area contributed by atoms with Crippen molar-refractivity contribution in [3.8, 4) is 0 Å². The molecule has 0 aliphatic carbocycles. The van der Waals surface area contributed by atoms with E-state index in [0.717, 1.165) is 11.1 Å². The van der Waals surface area contributed by atoms with Gasteiger partial charge in [-0.3, -0.25) is 19.7 Å². The van der Waals surface area contributed by atoms with Crippen LogP contribution in [-0.4, -0.2) is 27.2 Å². The number of nitro benzene ring substituents is 1. The van der Waals surface area contributed by atoms with E-state index in [9.17, 15) is 19.7 Å². The second-order valence-corrected chi connectivity index (χ2v) is 6.48. The molecule has 0 N–H and O–H groups in total. The maximum atomic E-state index is 13.0. The number of rotatable bonds is 4. The van der Waals surface area contributed by atoms with Crippen LogP contribution < -0.4 is 10.5 Å². The number of nitrogens with zero attached hydrogens (tertiary/aromatic N) is 4. The van der Waals surface area contributed by atoms with Crippen molar-refractivity contribution in [1.82, 2.24) is 9.78 Å². The molecule has 0 bridgehead atoms. The van der Waals surface area contributed by atoms with Crippen molar-refractivity contribution in [2.45, 2.75) is 13.0 Å². The van der Waals surface area contributed by atoms with E-state index in [1.165, 1.54) is 33.8 Å². The SMILES string of the molecule is O=C(c1ccc(=O)n(Cc2ccccc2)n1)N1CCc2ccc([N+](=O)[O-])cc21. The molecular weight excluding hydrogens is 360 g/mol. The average Bonchev–Trinajstić information content (AvgIpc) is 3.13. The zero-order chi connectivity index (χ0) is 19.7. The third kappa shape index (κ3) is 3.27. The zero-order valence-electron chi connectivity index (χ0n) is 14.8. The van der Waals surface area contributed by atoms with Gasteiger partial charge >= 0.3 is 0 Å². The summed E-state index contributed by atoms with van der Waals surface area (Å²) in [5.74, 6) is -0.388. The number of benzene rings is 2. The summed E-state index contributed by atoms with van der Waals surface area (Å²) < 4.78 is 1.24. The molecule has 3 aromatic rings. The van der Waals surface area contributed by atoms with Gasteiger partial charge in [0.1, 0.15) is 5.69 Å². The number of nitro groups is 1. The minimum atomic E-state index is -0.487. The first kappa shape index (κ1) is 17.6. The van der Waals surface area contributed by atoms with Gasteiger partial charge < -0.3 is 4.90 Å². The molecule has 0 saturated carbocycles. The summed E-state index contributed by atoms with van der Waals surface area (Å²) in [6.07, 6.45) is 0.614. The Morgan fingerprint density at radius 3 is 2.64 bits per heavy atom. The van der Waals surface area contributed by atoms with Crippen molar-refractivity contribution in [1.29, 1.82) is 0 Å². The summed E-state index contributed by atoms with van der Waals surface area (Å²) in [6, 6.07) is 16.6. The van der Waals surface area contributed by atoms with E-state index in [4.69, 9.17) is 0 Å². The number of hydrogen-bond donors (Lipinski definition) is 0. The first-order valence-corrected chi connectivity index (χ1v) is 8.74. The smallest absolute Gasteiger partial charge is 0.278 e. The molecule has 2 heterocycles. The Kier molecular flexibility index (Phi) is 4.44. The number of fused-ring (bicyclic) bond motifs is 1. The molecule has 2 aromatic carbocycles. The zero-order valence-corrected chi connectivity index (χ0v) is 14.8. The Labute approximate surface area is 159 Å². The van der Waals surface area contributed by atoms with E-state index in [1.54, 1.807) is 6.07 Å². The van der Waals surface area contributed by atoms with Crippen LogP contribution in [0.3, 0.4) is 0 Å². The average molecular weight is 376 g/mol. The Bertz CT molecular complexity index is 1120. The molecule has 4 rings (SSSR count). The highest BCUT2D eigenvalue weighted by Crippen LogP contribution is 2.32. The fourth-order valence-electron chi connectivity index (χ4n) is 3.26. The van der Waals surface area contributed by atoms with E-state index in [1.807, 2.05) is 30.3 Å². The molecule has 8 heteroatoms. The van der Waals surface area contributed by atoms with E-state index < -0.39 is 4.92 Å². The predicted molar refractivity (Wildman–Crippen MR) is 103 cm³/mol. The molecule has 0 spiro atoms. The highest BCUT2D eigenvalue weighted by molar-refractivity contribution is 6.06. The Morgan fingerprint density at radius 1 is 1.11 bits per heavy atom. The van der Waals surface area contributed by atoms with Gasteiger partial charge in [0.15, 0.2) is 0 Å². The van der Waals surface area contributed by atoms with Crippen LogP contribution in [0.2, 0.25) is 0 Å². The van der Waals surface area contributed by atoms with E-state index >= 15 is 0 Å². The van der Waals surface area contributed by atoms with E-state index in [2.05, 4.69) is 5.10 Å². The predicted octanol–water partition coefficient (Wildman–Crippen LogP) is 2.40. The second kappa shape index (κ2) is 7.07. The summed E-state index contributed by atoms with van der Waals surface area (Å²) in [7, 11) is 0. The highest BCUT2D eigenvalue weighted by atomic mass is 16.6. The molecule has 0 saturated heterocycles. The Morgan fingerprint density at radius 2 is 1.89 bits per heavy atom. The normalized spacial score (nSPS) is 12.6. The second-order valence-electron chi connectivity index (χ2n) is 6.48. The number of amides is 1. The van der Waals surface area contributed by atoms with Crippen LogP contribution in [0, 0.1) is 10.1 Å². The van der Waals surface area contributed by atoms with Gasteiger partial charge in [-0.15, -0.1) is 0 Å². The van der Waals surface area contributed by atoms with Crippen LogP contribution in [0.4, 0.5) is 11.4 Å². The minimum absolute atomic E-state index is 0.0690. The molecule has 0 atom stereocenters. The maximum Gasteiger partial charge on any atom is 0.278 e. The van der Waals surface area contributed by atoms with Crippen LogP contribution in [0.5, 0.6) is 0 Å². The van der Waals surface area contributed by atoms with Crippen molar-refractivity contribution in [3.05, 3.63) is 98.0 Å². The third-order valence-electron chi connectivity index (χ3n) is 4.68. The largest absolute Gasteiger partial charge is 0.306 e. The number of carbonyl (C=O) groups is 1. The van der Waals surface area contributed by atoms with Gasteiger partial charge in [-0.05, 0) is 23.6 Å². The van der Waals surface area contributed by atoms with Crippen molar-refractivity contribution < 1.29 is 9.72 Å². The van der Waals surface area contributed by atoms with Gasteiger partial charge in [-0.1, -0.05) is 36.4 Å². The van der Waals surface area contributed by atoms with Crippen molar-refractivity contribution in [2.24, 2.45) is 0 Å². The van der Waals surface area contributed by atoms with Crippen LogP contribution in [-0.2, 0) is 13.0 Å². The summed E-state index contributed by atoms with van der Waals surface area (Å²) in [6.45, 7) is 0.664. The molecule has 0 radical (unpaired) electrons. The Hall–Kier alpha value is -3.81. The highest BCUT2D eigenvalue weighted by Gasteiger charge is 2.28. The van der Waals surface area contributed by atoms with Gasteiger partial charge in [0.05, 0.1) is 17.2 Å². The lowest BCUT2D eigenvalue weighted by molar-refractivity contribution is -0.384. The van der Waals surface area contributed by atoms with Gasteiger partial charge in [0.25, 0.3) is 17.2 Å². The molecule has 8 nitrogen and oxygen atoms in total. The lowest BCUT2D eigenvalue weighted by Gasteiger charge is -2.17. The number of aromatic nitrogens is 2. The molecule has 1 amide bonds. The summed E-state index contributed by atoms with van der Waals surface area (Å²) in [5.41, 5.74) is 2.02. The quantitative estimate of drug-likeness (QED) is 0.514. The lowest BCUT2D eigenvalue weighted by atomic mass is 10.1. The van der Waals surface area contributed by atoms with E-state index in [-0.39, 0.29) is 29.4 Å². The topological polar surface area (TPSA) is 98.3 Å². The fourth-order valence-corrected chi connectivity index (χ4v) is 3.26. The van der Waals surface area contributed by atoms with Crippen molar-refractivity contribution in [3.63, 3.8) is 0 Å². The molecule has 1 aromatic heterocycles. The lowest BCUT2D eigenvalue weighted by Crippen LogP contribution is -2.33. The fraction of sp³-hybridized carbons (Fsp3) is 0.150. The summed E-state index contributed by atoms with van der Waals surface area (Å²) in [5, 5.41) is 15.3. The van der Waals surface area contributed by atoms with Crippen LogP contribution in [0.25, 0.3) is 0 Å². The van der Waals surface area contributed by atoms with Gasteiger partial charge in [0.2, 0.25) is 0 Å². The maximum absolute atomic E-state index is 13.0. The first-order valence-electron chi connectivity index (χ1n) is 8.74. The van der Waals surface area contributed by atoms with Crippen LogP contribution >= 0.6 is 0 Å². The van der Waals surface area contributed by atoms with Crippen LogP contribution in [0.1, 0.15) is 21.6 Å². The van der Waals surface area contributed by atoms with E-state index in [0.29, 0.717) is 18.7 Å². The monoisotopic (exact) mass is 376 g/mol. The molecule has 0 unspecified atom stereocenters. The Balaban J connectivity index is 1.65. The van der Waals surface area contributed by atoms with Crippen molar-refractivity contribution >= 4 is 17.3 Å². The molecule has 28 heavy (non-hydrogen) atoms. The van der Waals surface area contributed by atoms with Gasteiger partial charge in [-0.2, -0.15) is 5.10 Å². The molecule has 0 fully saturated rings. The molecule has 140 valence electrons. The molecule has 1 aliphatic rings. The number of non-ortho nitro benzene ring substituents is 1. The number of anilines is 1. The minimum Gasteiger partial charge on any atom is -0.306 e. The van der Waals surface area contributed by atoms with Crippen molar-refractivity contribution in [2.75, 3.05) is 11.4 Å². The summed E-state index contributed by atoms with van der Waals surface area (Å²) in [4.78, 5) is 37.2. The first-order chi connectivity index (χ1) is 13.5. The number of carbonyl (C=O) groups excluding carboxylic acids is 1. The standard InChI is InChI=1S/C20H16N4O4/c25-19-9-8-17(21-23(19)13-14-4-2-1-3-5-14)20(26)22-11-10-15-6-7-16(24(27)28)12-18(15)22/h1-9,12H,10-11,13H2. The molecule has 1 aliphatic heterocycles. The van der Waals surface area contributed by atoms with Gasteiger partial charge in [-0.25, -0.2) is 4.68 Å². The third-order valence-corrected chi connectivity index (χ3v) is 4.68.